The van der Waals surface area contributed by atoms with Gasteiger partial charge in [0.2, 0.25) is 0 Å². The van der Waals surface area contributed by atoms with Gasteiger partial charge >= 0.3 is 0 Å². The monoisotopic (exact) mass is 256 g/mol. The number of hydrogen-bond donors (Lipinski definition) is 1. The SMILES string of the molecule is CC1(N)CCCCN2CC=C(c3ccncc3)N=C21. The number of hydrogen-bond acceptors (Lipinski definition) is 4. The Morgan fingerprint density at radius 3 is 2.84 bits per heavy atom. The maximum atomic E-state index is 6.46. The molecule has 1 aromatic rings. The highest BCUT2D eigenvalue weighted by molar-refractivity contribution is 5.96. The summed E-state index contributed by atoms with van der Waals surface area (Å²) in [5.41, 5.74) is 8.28. The number of nitrogens with two attached hydrogens (primary N) is 1. The van der Waals surface area contributed by atoms with Gasteiger partial charge in [0.15, 0.2) is 0 Å². The highest BCUT2D eigenvalue weighted by Gasteiger charge is 2.33. The van der Waals surface area contributed by atoms with Crippen LogP contribution in [0.15, 0.2) is 35.6 Å². The third-order valence-electron chi connectivity index (χ3n) is 3.89. The van der Waals surface area contributed by atoms with Crippen molar-refractivity contribution in [2.45, 2.75) is 31.7 Å². The molecule has 3 rings (SSSR count). The molecule has 0 aliphatic carbocycles. The molecule has 1 unspecified atom stereocenters. The lowest BCUT2D eigenvalue weighted by atomic mass is 9.95. The van der Waals surface area contributed by atoms with Gasteiger partial charge in [-0.2, -0.15) is 0 Å². The molecule has 1 aromatic heterocycles. The molecule has 0 amide bonds. The Hall–Kier alpha value is -1.68. The number of nitrogens with zero attached hydrogens (tertiary/aromatic N) is 3. The number of fused-ring (bicyclic) bond motifs is 1. The van der Waals surface area contributed by atoms with Crippen LogP contribution in [-0.2, 0) is 0 Å². The van der Waals surface area contributed by atoms with E-state index in [1.54, 1.807) is 12.4 Å². The van der Waals surface area contributed by atoms with E-state index in [4.69, 9.17) is 10.7 Å². The van der Waals surface area contributed by atoms with Gasteiger partial charge in [-0.1, -0.05) is 0 Å². The molecule has 0 aromatic carbocycles. The summed E-state index contributed by atoms with van der Waals surface area (Å²) >= 11 is 0. The number of pyridine rings is 1. The lowest BCUT2D eigenvalue weighted by Crippen LogP contribution is -2.53. The Morgan fingerprint density at radius 2 is 2.05 bits per heavy atom. The molecule has 100 valence electrons. The molecule has 19 heavy (non-hydrogen) atoms. The average molecular weight is 256 g/mol. The minimum absolute atomic E-state index is 0.316. The van der Waals surface area contributed by atoms with Crippen molar-refractivity contribution >= 4 is 11.5 Å². The fourth-order valence-electron chi connectivity index (χ4n) is 2.81. The smallest absolute Gasteiger partial charge is 0.125 e. The first kappa shape index (κ1) is 12.4. The maximum Gasteiger partial charge on any atom is 0.125 e. The van der Waals surface area contributed by atoms with Crippen LogP contribution in [0.25, 0.3) is 5.70 Å². The van der Waals surface area contributed by atoms with E-state index < -0.39 is 0 Å². The minimum atomic E-state index is -0.316. The van der Waals surface area contributed by atoms with Crippen molar-refractivity contribution in [1.29, 1.82) is 0 Å². The third-order valence-corrected chi connectivity index (χ3v) is 3.89. The number of amidine groups is 1. The molecule has 1 atom stereocenters. The van der Waals surface area contributed by atoms with Crippen molar-refractivity contribution in [3.8, 4) is 0 Å². The van der Waals surface area contributed by atoms with Gasteiger partial charge in [0, 0.05) is 31.0 Å². The summed E-state index contributed by atoms with van der Waals surface area (Å²) in [7, 11) is 0. The molecule has 2 aliphatic heterocycles. The normalized spacial score (nSPS) is 27.2. The van der Waals surface area contributed by atoms with Crippen molar-refractivity contribution in [3.05, 3.63) is 36.2 Å². The van der Waals surface area contributed by atoms with Crippen molar-refractivity contribution in [3.63, 3.8) is 0 Å². The number of rotatable bonds is 1. The Labute approximate surface area is 114 Å². The van der Waals surface area contributed by atoms with Crippen LogP contribution in [-0.4, -0.2) is 34.3 Å². The minimum Gasteiger partial charge on any atom is -0.355 e. The molecule has 0 radical (unpaired) electrons. The van der Waals surface area contributed by atoms with Crippen LogP contribution in [0.1, 0.15) is 31.7 Å². The first-order valence-corrected chi connectivity index (χ1v) is 6.90. The van der Waals surface area contributed by atoms with Crippen molar-refractivity contribution in [1.82, 2.24) is 9.88 Å². The fourth-order valence-corrected chi connectivity index (χ4v) is 2.81. The van der Waals surface area contributed by atoms with E-state index in [2.05, 4.69) is 22.9 Å². The molecule has 1 fully saturated rings. The highest BCUT2D eigenvalue weighted by atomic mass is 15.2. The van der Waals surface area contributed by atoms with Crippen LogP contribution in [0.5, 0.6) is 0 Å². The van der Waals surface area contributed by atoms with Gasteiger partial charge < -0.3 is 10.6 Å². The van der Waals surface area contributed by atoms with Crippen molar-refractivity contribution < 1.29 is 0 Å². The molecule has 1 saturated heterocycles. The summed E-state index contributed by atoms with van der Waals surface area (Å²) in [6.07, 6.45) is 9.17. The second-order valence-electron chi connectivity index (χ2n) is 5.58. The highest BCUT2D eigenvalue weighted by Crippen LogP contribution is 2.27. The zero-order valence-corrected chi connectivity index (χ0v) is 11.3. The second kappa shape index (κ2) is 4.78. The van der Waals surface area contributed by atoms with Gasteiger partial charge in [-0.3, -0.25) is 4.98 Å². The van der Waals surface area contributed by atoms with Crippen LogP contribution < -0.4 is 5.73 Å². The summed E-state index contributed by atoms with van der Waals surface area (Å²) in [6, 6.07) is 3.99. The second-order valence-corrected chi connectivity index (χ2v) is 5.58. The zero-order valence-electron chi connectivity index (χ0n) is 11.3. The molecule has 0 spiro atoms. The van der Waals surface area contributed by atoms with E-state index in [1.165, 1.54) is 12.8 Å². The molecule has 0 saturated carbocycles. The fraction of sp³-hybridized carbons (Fsp3) is 0.467. The van der Waals surface area contributed by atoms with Gasteiger partial charge in [0.05, 0.1) is 11.2 Å². The Balaban J connectivity index is 1.97. The van der Waals surface area contributed by atoms with Gasteiger partial charge in [-0.15, -0.1) is 0 Å². The summed E-state index contributed by atoms with van der Waals surface area (Å²) in [5.74, 6) is 1.04. The first-order chi connectivity index (χ1) is 9.17. The predicted octanol–water partition coefficient (Wildman–Crippen LogP) is 2.04. The summed E-state index contributed by atoms with van der Waals surface area (Å²) in [4.78, 5) is 11.2. The van der Waals surface area contributed by atoms with Crippen molar-refractivity contribution in [2.75, 3.05) is 13.1 Å². The van der Waals surface area contributed by atoms with Crippen LogP contribution in [0.4, 0.5) is 0 Å². The lowest BCUT2D eigenvalue weighted by Gasteiger charge is -2.35. The van der Waals surface area contributed by atoms with Crippen LogP contribution in [0.3, 0.4) is 0 Å². The topological polar surface area (TPSA) is 54.5 Å². The Morgan fingerprint density at radius 1 is 1.26 bits per heavy atom. The predicted molar refractivity (Wildman–Crippen MR) is 77.7 cm³/mol. The van der Waals surface area contributed by atoms with Crippen LogP contribution in [0, 0.1) is 0 Å². The Kier molecular flexibility index (Phi) is 3.11. The van der Waals surface area contributed by atoms with Crippen LogP contribution in [0.2, 0.25) is 0 Å². The van der Waals surface area contributed by atoms with E-state index >= 15 is 0 Å². The van der Waals surface area contributed by atoms with E-state index in [1.807, 2.05) is 12.1 Å². The molecular weight excluding hydrogens is 236 g/mol. The zero-order chi connectivity index (χ0) is 13.3. The van der Waals surface area contributed by atoms with Gasteiger partial charge in [-0.05, 0) is 44.4 Å². The standard InChI is InChI=1S/C15H20N4/c1-15(16)7-2-3-10-19-11-6-13(18-14(15)19)12-4-8-17-9-5-12/h4-6,8-9H,2-3,7,10-11,16H2,1H3. The average Bonchev–Trinajstić information content (AvgIpc) is 2.58. The molecule has 2 N–H and O–H groups in total. The molecule has 0 bridgehead atoms. The molecule has 2 aliphatic rings. The van der Waals surface area contributed by atoms with E-state index in [0.29, 0.717) is 0 Å². The molecular formula is C15H20N4. The molecule has 4 heteroatoms. The van der Waals surface area contributed by atoms with Gasteiger partial charge in [0.25, 0.3) is 0 Å². The van der Waals surface area contributed by atoms with Crippen molar-refractivity contribution in [2.24, 2.45) is 10.7 Å². The lowest BCUT2D eigenvalue weighted by molar-refractivity contribution is 0.438. The van der Waals surface area contributed by atoms with Crippen LogP contribution >= 0.6 is 0 Å². The first-order valence-electron chi connectivity index (χ1n) is 6.90. The number of aliphatic imine (C=N–C) groups is 1. The van der Waals surface area contributed by atoms with E-state index in [0.717, 1.165) is 36.6 Å². The van der Waals surface area contributed by atoms with E-state index in [-0.39, 0.29) is 5.54 Å². The quantitative estimate of drug-likeness (QED) is 0.836. The molecule has 3 heterocycles. The van der Waals surface area contributed by atoms with Gasteiger partial charge in [-0.25, -0.2) is 4.99 Å². The Bertz CT molecular complexity index is 516. The largest absolute Gasteiger partial charge is 0.355 e. The number of aromatic nitrogens is 1. The molecule has 4 nitrogen and oxygen atoms in total. The third kappa shape index (κ3) is 2.40. The van der Waals surface area contributed by atoms with Gasteiger partial charge in [0.1, 0.15) is 5.84 Å². The summed E-state index contributed by atoms with van der Waals surface area (Å²) in [5, 5.41) is 0. The summed E-state index contributed by atoms with van der Waals surface area (Å²) < 4.78 is 0. The van der Waals surface area contributed by atoms with E-state index in [9.17, 15) is 0 Å². The maximum absolute atomic E-state index is 6.46. The summed E-state index contributed by atoms with van der Waals surface area (Å²) in [6.45, 7) is 4.06.